The fourth-order valence-corrected chi connectivity index (χ4v) is 2.97. The molecule has 1 saturated carbocycles. The first-order chi connectivity index (χ1) is 7.19. The molecule has 1 saturated heterocycles. The van der Waals surface area contributed by atoms with Crippen LogP contribution in [0.25, 0.3) is 0 Å². The summed E-state index contributed by atoms with van der Waals surface area (Å²) in [6, 6.07) is 0. The summed E-state index contributed by atoms with van der Waals surface area (Å²) in [4.78, 5) is 13.9. The Kier molecular flexibility index (Phi) is 3.29. The van der Waals surface area contributed by atoms with Gasteiger partial charge in [-0.25, -0.2) is 0 Å². The van der Waals surface area contributed by atoms with Crippen LogP contribution in [0.2, 0.25) is 0 Å². The summed E-state index contributed by atoms with van der Waals surface area (Å²) in [6.45, 7) is 4.17. The third-order valence-electron chi connectivity index (χ3n) is 3.81. The van der Waals surface area contributed by atoms with E-state index in [9.17, 15) is 4.79 Å². The number of rotatable bonds is 5. The zero-order chi connectivity index (χ0) is 10.9. The van der Waals surface area contributed by atoms with Gasteiger partial charge in [-0.2, -0.15) is 12.6 Å². The van der Waals surface area contributed by atoms with Crippen LogP contribution in [0.1, 0.15) is 39.0 Å². The van der Waals surface area contributed by atoms with Crippen molar-refractivity contribution in [1.82, 2.24) is 4.90 Å². The minimum absolute atomic E-state index is 0.376. The Morgan fingerprint density at radius 1 is 1.53 bits per heavy atom. The first-order valence-electron chi connectivity index (χ1n) is 6.08. The van der Waals surface area contributed by atoms with Crippen molar-refractivity contribution >= 4 is 18.5 Å². The number of nitrogens with zero attached hydrogens (tertiary/aromatic N) is 1. The molecule has 1 aliphatic carbocycles. The van der Waals surface area contributed by atoms with Crippen LogP contribution in [0.3, 0.4) is 0 Å². The van der Waals surface area contributed by atoms with E-state index in [2.05, 4.69) is 24.5 Å². The molecule has 0 aromatic rings. The van der Waals surface area contributed by atoms with Crippen molar-refractivity contribution in [3.63, 3.8) is 0 Å². The summed E-state index contributed by atoms with van der Waals surface area (Å²) in [5.74, 6) is 1.94. The second kappa shape index (κ2) is 4.36. The van der Waals surface area contributed by atoms with Crippen molar-refractivity contribution < 1.29 is 4.79 Å². The Morgan fingerprint density at radius 2 is 2.27 bits per heavy atom. The van der Waals surface area contributed by atoms with Gasteiger partial charge in [-0.05, 0) is 36.3 Å². The van der Waals surface area contributed by atoms with Crippen molar-refractivity contribution in [3.8, 4) is 0 Å². The number of carbonyl (C=O) groups excluding carboxylic acids is 1. The number of thiol groups is 1. The Hall–Kier alpha value is -0.180. The molecule has 0 aromatic carbocycles. The topological polar surface area (TPSA) is 20.3 Å². The molecule has 15 heavy (non-hydrogen) atoms. The van der Waals surface area contributed by atoms with Gasteiger partial charge in [-0.3, -0.25) is 4.79 Å². The standard InChI is InChI=1S/C12H21NOS/c1-2-3-10-6-11(14)13(7-10)8-12(9-15)4-5-12/h10,15H,2-9H2,1H3. The fourth-order valence-electron chi connectivity index (χ4n) is 2.56. The van der Waals surface area contributed by atoms with Gasteiger partial charge in [0.05, 0.1) is 0 Å². The summed E-state index contributed by atoms with van der Waals surface area (Å²) in [6.07, 6.45) is 5.72. The van der Waals surface area contributed by atoms with Crippen LogP contribution in [0.4, 0.5) is 0 Å². The highest BCUT2D eigenvalue weighted by atomic mass is 32.1. The first kappa shape index (κ1) is 11.3. The Labute approximate surface area is 97.8 Å². The molecule has 1 atom stereocenters. The van der Waals surface area contributed by atoms with E-state index in [4.69, 9.17) is 0 Å². The molecule has 1 amide bonds. The van der Waals surface area contributed by atoms with Crippen LogP contribution in [-0.4, -0.2) is 29.6 Å². The molecule has 0 radical (unpaired) electrons. The molecule has 1 aliphatic heterocycles. The zero-order valence-electron chi connectivity index (χ0n) is 9.54. The molecule has 0 N–H and O–H groups in total. The summed E-state index contributed by atoms with van der Waals surface area (Å²) >= 11 is 4.39. The van der Waals surface area contributed by atoms with Gasteiger partial charge in [0.15, 0.2) is 0 Å². The largest absolute Gasteiger partial charge is 0.342 e. The van der Waals surface area contributed by atoms with Crippen LogP contribution < -0.4 is 0 Å². The molecular formula is C12H21NOS. The maximum absolute atomic E-state index is 11.8. The van der Waals surface area contributed by atoms with Gasteiger partial charge in [0.2, 0.25) is 5.91 Å². The molecule has 2 nitrogen and oxygen atoms in total. The van der Waals surface area contributed by atoms with Gasteiger partial charge in [0.25, 0.3) is 0 Å². The third kappa shape index (κ3) is 2.49. The third-order valence-corrected chi connectivity index (χ3v) is 4.48. The van der Waals surface area contributed by atoms with Crippen LogP contribution in [0.15, 0.2) is 0 Å². The molecule has 2 aliphatic rings. The maximum Gasteiger partial charge on any atom is 0.222 e. The maximum atomic E-state index is 11.8. The minimum atomic E-state index is 0.376. The Morgan fingerprint density at radius 3 is 2.80 bits per heavy atom. The second-order valence-electron chi connectivity index (χ2n) is 5.29. The van der Waals surface area contributed by atoms with Gasteiger partial charge in [0, 0.05) is 19.5 Å². The van der Waals surface area contributed by atoms with Crippen molar-refractivity contribution in [2.24, 2.45) is 11.3 Å². The molecular weight excluding hydrogens is 206 g/mol. The average molecular weight is 227 g/mol. The van der Waals surface area contributed by atoms with Crippen molar-refractivity contribution in [2.75, 3.05) is 18.8 Å². The summed E-state index contributed by atoms with van der Waals surface area (Å²) in [5.41, 5.74) is 0.389. The predicted octanol–water partition coefficient (Wildman–Crippen LogP) is 2.35. The van der Waals surface area contributed by atoms with Gasteiger partial charge in [-0.1, -0.05) is 13.3 Å². The van der Waals surface area contributed by atoms with E-state index in [1.54, 1.807) is 0 Å². The highest BCUT2D eigenvalue weighted by Gasteiger charge is 2.45. The van der Waals surface area contributed by atoms with E-state index in [1.165, 1.54) is 25.7 Å². The molecule has 3 heteroatoms. The van der Waals surface area contributed by atoms with E-state index in [1.807, 2.05) is 0 Å². The average Bonchev–Trinajstić information content (AvgIpc) is 2.90. The van der Waals surface area contributed by atoms with E-state index in [-0.39, 0.29) is 0 Å². The predicted molar refractivity (Wildman–Crippen MR) is 65.1 cm³/mol. The van der Waals surface area contributed by atoms with Crippen molar-refractivity contribution in [1.29, 1.82) is 0 Å². The van der Waals surface area contributed by atoms with Gasteiger partial charge >= 0.3 is 0 Å². The lowest BCUT2D eigenvalue weighted by Gasteiger charge is -2.22. The first-order valence-corrected chi connectivity index (χ1v) is 6.71. The van der Waals surface area contributed by atoms with Gasteiger partial charge in [0.1, 0.15) is 0 Å². The smallest absolute Gasteiger partial charge is 0.222 e. The molecule has 1 unspecified atom stereocenters. The van der Waals surface area contributed by atoms with Crippen LogP contribution in [-0.2, 0) is 4.79 Å². The lowest BCUT2D eigenvalue weighted by molar-refractivity contribution is -0.128. The number of likely N-dealkylation sites (tertiary alicyclic amines) is 1. The summed E-state index contributed by atoms with van der Waals surface area (Å²) in [5, 5.41) is 0. The number of hydrogen-bond donors (Lipinski definition) is 1. The van der Waals surface area contributed by atoms with Crippen LogP contribution >= 0.6 is 12.6 Å². The molecule has 2 fully saturated rings. The van der Waals surface area contributed by atoms with Gasteiger partial charge < -0.3 is 4.90 Å². The zero-order valence-corrected chi connectivity index (χ0v) is 10.4. The monoisotopic (exact) mass is 227 g/mol. The highest BCUT2D eigenvalue weighted by Crippen LogP contribution is 2.47. The number of hydrogen-bond acceptors (Lipinski definition) is 2. The normalized spacial score (nSPS) is 28.5. The number of amides is 1. The van der Waals surface area contributed by atoms with Gasteiger partial charge in [-0.15, -0.1) is 0 Å². The van der Waals surface area contributed by atoms with E-state index >= 15 is 0 Å². The fraction of sp³-hybridized carbons (Fsp3) is 0.917. The molecule has 0 spiro atoms. The molecule has 1 heterocycles. The Bertz CT molecular complexity index is 250. The number of carbonyl (C=O) groups is 1. The van der Waals surface area contributed by atoms with Crippen molar-refractivity contribution in [2.45, 2.75) is 39.0 Å². The molecule has 0 bridgehead atoms. The van der Waals surface area contributed by atoms with E-state index in [0.717, 1.165) is 25.3 Å². The van der Waals surface area contributed by atoms with Crippen LogP contribution in [0.5, 0.6) is 0 Å². The van der Waals surface area contributed by atoms with E-state index in [0.29, 0.717) is 17.2 Å². The summed E-state index contributed by atoms with van der Waals surface area (Å²) in [7, 11) is 0. The molecule has 0 aromatic heterocycles. The summed E-state index contributed by atoms with van der Waals surface area (Å²) < 4.78 is 0. The Balaban J connectivity index is 1.85. The second-order valence-corrected chi connectivity index (χ2v) is 5.61. The van der Waals surface area contributed by atoms with Crippen LogP contribution in [0, 0.1) is 11.3 Å². The molecule has 2 rings (SSSR count). The SMILES string of the molecule is CCCC1CC(=O)N(CC2(CS)CC2)C1. The lowest BCUT2D eigenvalue weighted by Crippen LogP contribution is -2.32. The van der Waals surface area contributed by atoms with Crippen molar-refractivity contribution in [3.05, 3.63) is 0 Å². The van der Waals surface area contributed by atoms with E-state index < -0.39 is 0 Å². The lowest BCUT2D eigenvalue weighted by atomic mass is 10.0. The molecule has 86 valence electrons. The quantitative estimate of drug-likeness (QED) is 0.715. The minimum Gasteiger partial charge on any atom is -0.342 e. The highest BCUT2D eigenvalue weighted by molar-refractivity contribution is 7.80.